The van der Waals surface area contributed by atoms with Crippen LogP contribution in [0.4, 0.5) is 0 Å². The molecular weight excluding hydrogens is 1420 g/mol. The van der Waals surface area contributed by atoms with Crippen LogP contribution in [-0.2, 0) is 110 Å². The van der Waals surface area contributed by atoms with Crippen molar-refractivity contribution in [3.05, 3.63) is 12.2 Å². The van der Waals surface area contributed by atoms with Gasteiger partial charge in [-0.05, 0) is 215 Å². The van der Waals surface area contributed by atoms with Gasteiger partial charge in [-0.25, -0.2) is 19.2 Å². The zero-order valence-electron chi connectivity index (χ0n) is 61.9. The van der Waals surface area contributed by atoms with Crippen LogP contribution >= 0.6 is 0 Å². The molecule has 0 aromatic heterocycles. The van der Waals surface area contributed by atoms with Gasteiger partial charge in [-0.3, -0.25) is 28.8 Å². The van der Waals surface area contributed by atoms with E-state index in [0.29, 0.717) is 43.9 Å². The number of fused-ring (bicyclic) bond motifs is 18. The molecule has 24 unspecified atom stereocenters. The first-order valence-electron chi connectivity index (χ1n) is 36.7. The van der Waals surface area contributed by atoms with Crippen molar-refractivity contribution in [2.24, 2.45) is 92.2 Å². The first-order chi connectivity index (χ1) is 46.7. The lowest BCUT2D eigenvalue weighted by molar-refractivity contribution is -0.185. The van der Waals surface area contributed by atoms with Crippen molar-refractivity contribution in [1.29, 1.82) is 0 Å². The third-order valence-corrected chi connectivity index (χ3v) is 24.8. The lowest BCUT2D eigenvalue weighted by Gasteiger charge is -2.38. The van der Waals surface area contributed by atoms with Crippen LogP contribution in [0.5, 0.6) is 0 Å². The molecule has 7 aliphatic heterocycles. The minimum Gasteiger partial charge on any atom is -0.469 e. The third kappa shape index (κ3) is 21.4. The number of ether oxygens (including phenoxy) is 13. The minimum absolute atomic E-state index is 0. The number of hydrogen-bond acceptors (Lipinski definition) is 25. The Morgan fingerprint density at radius 1 is 0.445 bits per heavy atom. The van der Waals surface area contributed by atoms with Crippen molar-refractivity contribution in [2.45, 2.75) is 367 Å². The molecule has 0 aromatic rings. The van der Waals surface area contributed by atoms with E-state index in [1.165, 1.54) is 32.8 Å². The van der Waals surface area contributed by atoms with E-state index in [-0.39, 0.29) is 164 Å². The zero-order valence-corrected chi connectivity index (χ0v) is 61.9. The summed E-state index contributed by atoms with van der Waals surface area (Å²) >= 11 is 0. The monoisotopic (exact) mass is 1570 g/mol. The molecule has 7 heterocycles. The maximum atomic E-state index is 12.2. The number of aliphatic hydroxyl groups excluding tert-OH is 2. The number of cyclic esters (lactones) is 1. The highest BCUT2D eigenvalue weighted by molar-refractivity contribution is 5.86. The second-order valence-electron chi connectivity index (χ2n) is 33.5. The van der Waals surface area contributed by atoms with Gasteiger partial charge < -0.3 is 71.8 Å². The summed E-state index contributed by atoms with van der Waals surface area (Å²) in [6.07, 6.45) is 8.05. The molecule has 4 bridgehead atoms. The van der Waals surface area contributed by atoms with Crippen molar-refractivity contribution in [3.63, 3.8) is 0 Å². The van der Waals surface area contributed by atoms with Gasteiger partial charge in [-0.1, -0.05) is 115 Å². The Bertz CT molecular complexity index is 3060. The van der Waals surface area contributed by atoms with E-state index < -0.39 is 100 Å². The second kappa shape index (κ2) is 41.0. The maximum absolute atomic E-state index is 12.2. The lowest BCUT2D eigenvalue weighted by Crippen LogP contribution is -2.39. The molecule has 6 saturated carbocycles. The van der Waals surface area contributed by atoms with Crippen molar-refractivity contribution < 1.29 is 120 Å². The van der Waals surface area contributed by atoms with Crippen molar-refractivity contribution in [3.8, 4) is 0 Å². The molecule has 0 radical (unpaired) electrons. The summed E-state index contributed by atoms with van der Waals surface area (Å²) in [5, 5.41) is 18.9. The van der Waals surface area contributed by atoms with Gasteiger partial charge >= 0.3 is 59.7 Å². The Morgan fingerprint density at radius 3 is 1.35 bits per heavy atom. The van der Waals surface area contributed by atoms with Gasteiger partial charge in [-0.2, -0.15) is 0 Å². The molecule has 14 rings (SSSR count). The number of hydrogen-bond donors (Lipinski definition) is 2. The lowest BCUT2D eigenvalue weighted by atomic mass is 9.64. The largest absolute Gasteiger partial charge is 0.469 e. The maximum Gasteiger partial charge on any atom is 0.350 e. The van der Waals surface area contributed by atoms with E-state index in [9.17, 15) is 58.2 Å². The van der Waals surface area contributed by atoms with Crippen molar-refractivity contribution in [1.82, 2.24) is 0 Å². The number of carbonyl (C=O) groups is 10. The zero-order chi connectivity index (χ0) is 73.8. The van der Waals surface area contributed by atoms with Gasteiger partial charge in [0.05, 0.1) is 58.7 Å². The van der Waals surface area contributed by atoms with E-state index in [0.717, 1.165) is 74.2 Å². The molecule has 13 fully saturated rings. The molecule has 25 nitrogen and oxygen atoms in total. The predicted octanol–water partition coefficient (Wildman–Crippen LogP) is 15.1. The quantitative estimate of drug-likeness (QED) is 0.0706. The van der Waals surface area contributed by atoms with Gasteiger partial charge in [-0.15, -0.1) is 0 Å². The fraction of sp³-hybridized carbons (Fsp3) is 0.859. The Balaban J connectivity index is 0. The molecule has 7 aliphatic carbocycles. The summed E-state index contributed by atoms with van der Waals surface area (Å²) in [5.74, 6) is 2.17. The van der Waals surface area contributed by atoms with Crippen LogP contribution in [0.15, 0.2) is 12.2 Å². The molecule has 0 aromatic carbocycles. The molecule has 2 N–H and O–H groups in total. The molecular formula is C85H152O25. The molecule has 110 heavy (non-hydrogen) atoms. The highest BCUT2D eigenvalue weighted by Crippen LogP contribution is 2.71. The van der Waals surface area contributed by atoms with Crippen LogP contribution < -0.4 is 0 Å². The molecule has 7 saturated heterocycles. The Kier molecular flexibility index (Phi) is 39.6. The Morgan fingerprint density at radius 2 is 0.873 bits per heavy atom. The smallest absolute Gasteiger partial charge is 0.350 e. The van der Waals surface area contributed by atoms with E-state index in [1.807, 2.05) is 116 Å². The molecule has 0 spiro atoms. The first-order valence-corrected chi connectivity index (χ1v) is 36.7. The van der Waals surface area contributed by atoms with E-state index in [1.54, 1.807) is 13.8 Å². The molecule has 25 heteroatoms. The van der Waals surface area contributed by atoms with Crippen LogP contribution in [0, 0.1) is 92.2 Å². The van der Waals surface area contributed by atoms with Crippen LogP contribution in [0.3, 0.4) is 0 Å². The summed E-state index contributed by atoms with van der Waals surface area (Å²) in [6, 6.07) is 0. The Labute approximate surface area is 661 Å². The van der Waals surface area contributed by atoms with Crippen LogP contribution in [0.1, 0.15) is 282 Å². The van der Waals surface area contributed by atoms with E-state index in [4.69, 9.17) is 56.8 Å². The highest BCUT2D eigenvalue weighted by Gasteiger charge is 2.69. The summed E-state index contributed by atoms with van der Waals surface area (Å²) in [6.45, 7) is 32.1. The summed E-state index contributed by atoms with van der Waals surface area (Å²) in [4.78, 5) is 118. The van der Waals surface area contributed by atoms with Crippen LogP contribution in [0.25, 0.3) is 0 Å². The second-order valence-corrected chi connectivity index (χ2v) is 33.5. The van der Waals surface area contributed by atoms with Gasteiger partial charge in [0.15, 0.2) is 18.2 Å². The SMILES string of the molecule is C.C.C.C.C.C.C.C.C.C.CCC(C)(C)C(=O)OC.CCC(C)(C)C(=O)OC1C(=O)OC2C(O)C(O)OC12.CCC(C)(C)C(=O)OC1C(=O)OC2C1CC1OC(C)(C)OC12.CCC(C)(C)C(=O)OC1C(=O)OC2C=CCC21.CCC(C)(C)C(=O)OC1C(=O)OC2CCCC21.O=C1OCC2C3CC(C12)C1C2CCC(C2)C31. The highest BCUT2D eigenvalue weighted by atomic mass is 16.8. The molecule has 0 amide bonds. The van der Waals surface area contributed by atoms with Gasteiger partial charge in [0, 0.05) is 17.8 Å². The molecule has 14 aliphatic rings. The summed E-state index contributed by atoms with van der Waals surface area (Å²) in [5.41, 5.74) is -2.73. The number of rotatable bonds is 14. The summed E-state index contributed by atoms with van der Waals surface area (Å²) < 4.78 is 68.6. The first kappa shape index (κ1) is 106. The number of carbonyl (C=O) groups excluding carboxylic acids is 10. The van der Waals surface area contributed by atoms with Crippen LogP contribution in [-0.4, -0.2) is 169 Å². The molecule has 642 valence electrons. The van der Waals surface area contributed by atoms with Gasteiger partial charge in [0.2, 0.25) is 24.4 Å². The average molecular weight is 1570 g/mol. The van der Waals surface area contributed by atoms with Crippen LogP contribution in [0.2, 0.25) is 0 Å². The minimum atomic E-state index is -1.44. The van der Waals surface area contributed by atoms with Gasteiger partial charge in [0.25, 0.3) is 0 Å². The normalized spacial score (nSPS) is 34.6. The number of allylic oxidation sites excluding steroid dienone is 1. The topological polar surface area (TPSA) is 331 Å². The third-order valence-electron chi connectivity index (χ3n) is 24.8. The number of esters is 10. The average Bonchev–Trinajstić information content (AvgIpc) is 1.53. The predicted molar refractivity (Wildman–Crippen MR) is 419 cm³/mol. The van der Waals surface area contributed by atoms with Crippen molar-refractivity contribution >= 4 is 59.7 Å². The van der Waals surface area contributed by atoms with Crippen molar-refractivity contribution in [2.75, 3.05) is 13.7 Å². The van der Waals surface area contributed by atoms with E-state index in [2.05, 4.69) is 4.74 Å². The fourth-order valence-corrected chi connectivity index (χ4v) is 16.7. The fourth-order valence-electron chi connectivity index (χ4n) is 16.7. The number of methoxy groups -OCH3 is 1. The number of aliphatic hydroxyl groups is 2. The Hall–Kier alpha value is -5.76. The van der Waals surface area contributed by atoms with E-state index >= 15 is 0 Å². The summed E-state index contributed by atoms with van der Waals surface area (Å²) in [7, 11) is 1.42. The molecule has 24 atom stereocenters. The van der Waals surface area contributed by atoms with Gasteiger partial charge in [0.1, 0.15) is 36.6 Å². The standard InChI is InChI=1S/C16H24O6.C14H18O2.C13H20O4.C13H18O4.C12H18O7.C7H14O2.10CH4/c1-6-15(2,3)14(18)20-11-8-7-9-12(10(8)19-13(11)17)22-16(4,5)21-9;15-14-13-9-4-8(10(13)5-16-14)11-6-1-2-7(3-6)12(9)11;2*1-4-13(2,3)12(15)17-10-8-6-5-7-9(8)16-11(10)14;1-4-12(2,3)11(16)19-8-7-6(17-10(8)15)5(13)9(14)18-7;1-5-7(2,3)6(8)9-4;;;;;;;;;;/h8-12H,6-7H2,1-5H3;6-13H,1-5H2;8-10H,4-7H2,1-3H3;5,7-10H,4,6H2,1-3H3;5-9,13-14H,4H2,1-3H3;5H2,1-4H3;10*1H4.